The van der Waals surface area contributed by atoms with Gasteiger partial charge in [-0.25, -0.2) is 8.42 Å². The van der Waals surface area contributed by atoms with Crippen LogP contribution in [0.25, 0.3) is 6.08 Å². The fourth-order valence-corrected chi connectivity index (χ4v) is 4.61. The van der Waals surface area contributed by atoms with Crippen molar-refractivity contribution in [2.45, 2.75) is 17.9 Å². The molecule has 1 aliphatic rings. The fraction of sp³-hybridized carbons (Fsp3) is 0.318. The number of hydrogen-bond acceptors (Lipinski definition) is 4. The number of amides is 1. The molecule has 1 N–H and O–H groups in total. The topological polar surface area (TPSA) is 69.7 Å². The molecule has 0 unspecified atom stereocenters. The lowest BCUT2D eigenvalue weighted by Crippen LogP contribution is -2.54. The second-order valence-corrected chi connectivity index (χ2v) is 9.39. The third-order valence-electron chi connectivity index (χ3n) is 4.98. The summed E-state index contributed by atoms with van der Waals surface area (Å²) in [5.41, 5.74) is 1.16. The van der Waals surface area contributed by atoms with Gasteiger partial charge >= 0.3 is 0 Å². The van der Waals surface area contributed by atoms with E-state index in [0.29, 0.717) is 18.1 Å². The van der Waals surface area contributed by atoms with Crippen molar-refractivity contribution < 1.29 is 13.2 Å². The molecule has 3 rings (SSSR count). The van der Waals surface area contributed by atoms with Gasteiger partial charge < -0.3 is 4.90 Å². The molecular formula is C22H26ClN3O3S. The highest BCUT2D eigenvalue weighted by Gasteiger charge is 2.28. The Morgan fingerprint density at radius 3 is 2.33 bits per heavy atom. The molecule has 30 heavy (non-hydrogen) atoms. The molecule has 0 aromatic heterocycles. The average Bonchev–Trinajstić information content (AvgIpc) is 2.74. The summed E-state index contributed by atoms with van der Waals surface area (Å²) in [6, 6.07) is 15.1. The van der Waals surface area contributed by atoms with Crippen LogP contribution in [0.5, 0.6) is 0 Å². The first-order chi connectivity index (χ1) is 14.3. The van der Waals surface area contributed by atoms with Gasteiger partial charge in [0.1, 0.15) is 0 Å². The normalized spacial score (nSPS) is 16.7. The number of sulfonamides is 1. The maximum absolute atomic E-state index is 12.7. The van der Waals surface area contributed by atoms with Gasteiger partial charge in [0.25, 0.3) is 0 Å². The lowest BCUT2D eigenvalue weighted by molar-refractivity contribution is -0.134. The van der Waals surface area contributed by atoms with Crippen molar-refractivity contribution in [3.8, 4) is 0 Å². The van der Waals surface area contributed by atoms with E-state index in [2.05, 4.69) is 33.9 Å². The van der Waals surface area contributed by atoms with E-state index < -0.39 is 16.1 Å². The smallest absolute Gasteiger partial charge is 0.241 e. The molecule has 160 valence electrons. The van der Waals surface area contributed by atoms with Crippen molar-refractivity contribution >= 4 is 33.6 Å². The number of halogens is 1. The van der Waals surface area contributed by atoms with Gasteiger partial charge in [-0.2, -0.15) is 4.72 Å². The Hall–Kier alpha value is -2.19. The second-order valence-electron chi connectivity index (χ2n) is 7.24. The first-order valence-electron chi connectivity index (χ1n) is 9.86. The van der Waals surface area contributed by atoms with E-state index in [-0.39, 0.29) is 10.8 Å². The summed E-state index contributed by atoms with van der Waals surface area (Å²) < 4.78 is 27.4. The molecule has 0 saturated carbocycles. The molecule has 2 aromatic rings. The molecular weight excluding hydrogens is 422 g/mol. The maximum atomic E-state index is 12.7. The van der Waals surface area contributed by atoms with E-state index in [9.17, 15) is 13.2 Å². The number of nitrogens with one attached hydrogen (secondary N) is 1. The minimum atomic E-state index is -3.78. The van der Waals surface area contributed by atoms with E-state index in [4.69, 9.17) is 11.6 Å². The number of rotatable bonds is 7. The summed E-state index contributed by atoms with van der Waals surface area (Å²) in [6.07, 6.45) is 4.21. The van der Waals surface area contributed by atoms with Gasteiger partial charge in [-0.1, -0.05) is 54.1 Å². The first kappa shape index (κ1) is 22.5. The SMILES string of the molecule is C[C@H](NS(=O)(=O)c1ccc(Cl)cc1)C(=O)N1CCN(C/C=C/c2ccccc2)CC1. The molecule has 0 radical (unpaired) electrons. The number of nitrogens with zero attached hydrogens (tertiary/aromatic N) is 2. The number of benzene rings is 2. The van der Waals surface area contributed by atoms with E-state index in [1.165, 1.54) is 24.3 Å². The summed E-state index contributed by atoms with van der Waals surface area (Å²) in [7, 11) is -3.78. The molecule has 1 atom stereocenters. The van der Waals surface area contributed by atoms with Crippen LogP contribution in [0.3, 0.4) is 0 Å². The Bertz CT molecular complexity index is 970. The minimum Gasteiger partial charge on any atom is -0.339 e. The lowest BCUT2D eigenvalue weighted by atomic mass is 10.2. The zero-order valence-corrected chi connectivity index (χ0v) is 18.4. The predicted molar refractivity (Wildman–Crippen MR) is 120 cm³/mol. The molecule has 8 heteroatoms. The highest BCUT2D eigenvalue weighted by atomic mass is 35.5. The van der Waals surface area contributed by atoms with Crippen molar-refractivity contribution in [1.29, 1.82) is 0 Å². The van der Waals surface area contributed by atoms with Gasteiger partial charge in [-0.05, 0) is 36.8 Å². The van der Waals surface area contributed by atoms with Crippen LogP contribution in [0.1, 0.15) is 12.5 Å². The minimum absolute atomic E-state index is 0.0848. The van der Waals surface area contributed by atoms with Crippen LogP contribution < -0.4 is 4.72 Å². The van der Waals surface area contributed by atoms with Gasteiger partial charge in [0, 0.05) is 37.7 Å². The molecule has 6 nitrogen and oxygen atoms in total. The van der Waals surface area contributed by atoms with Crippen molar-refractivity contribution in [3.05, 3.63) is 71.3 Å². The van der Waals surface area contributed by atoms with Gasteiger partial charge in [0.2, 0.25) is 15.9 Å². The van der Waals surface area contributed by atoms with Crippen molar-refractivity contribution in [3.63, 3.8) is 0 Å². The molecule has 1 heterocycles. The summed E-state index contributed by atoms with van der Waals surface area (Å²) in [5, 5.41) is 0.453. The second kappa shape index (κ2) is 10.2. The van der Waals surface area contributed by atoms with E-state index in [1.54, 1.807) is 11.8 Å². The van der Waals surface area contributed by atoms with Gasteiger partial charge in [0.05, 0.1) is 10.9 Å². The van der Waals surface area contributed by atoms with Crippen LogP contribution in [0.2, 0.25) is 5.02 Å². The van der Waals surface area contributed by atoms with Crippen LogP contribution in [0.4, 0.5) is 0 Å². The van der Waals surface area contributed by atoms with E-state index in [0.717, 1.165) is 25.2 Å². The fourth-order valence-electron chi connectivity index (χ4n) is 3.29. The number of carbonyl (C=O) groups is 1. The Balaban J connectivity index is 1.48. The molecule has 2 aromatic carbocycles. The molecule has 0 bridgehead atoms. The molecule has 0 aliphatic carbocycles. The van der Waals surface area contributed by atoms with Crippen molar-refractivity contribution in [1.82, 2.24) is 14.5 Å². The predicted octanol–water partition coefficient (Wildman–Crippen LogP) is 2.86. The molecule has 1 amide bonds. The van der Waals surface area contributed by atoms with Crippen LogP contribution in [-0.4, -0.2) is 62.9 Å². The van der Waals surface area contributed by atoms with Gasteiger partial charge in [0.15, 0.2) is 0 Å². The molecule has 1 fully saturated rings. The van der Waals surface area contributed by atoms with Gasteiger partial charge in [-0.3, -0.25) is 9.69 Å². The van der Waals surface area contributed by atoms with E-state index >= 15 is 0 Å². The first-order valence-corrected chi connectivity index (χ1v) is 11.7. The Morgan fingerprint density at radius 2 is 1.70 bits per heavy atom. The highest BCUT2D eigenvalue weighted by Crippen LogP contribution is 2.15. The molecule has 1 saturated heterocycles. The Morgan fingerprint density at radius 1 is 1.07 bits per heavy atom. The summed E-state index contributed by atoms with van der Waals surface area (Å²) in [6.45, 7) is 5.04. The summed E-state index contributed by atoms with van der Waals surface area (Å²) in [5.74, 6) is -0.216. The van der Waals surface area contributed by atoms with Crippen LogP contribution in [0.15, 0.2) is 65.6 Å². The van der Waals surface area contributed by atoms with Crippen molar-refractivity contribution in [2.24, 2.45) is 0 Å². The average molecular weight is 448 g/mol. The van der Waals surface area contributed by atoms with Crippen LogP contribution in [0, 0.1) is 0 Å². The summed E-state index contributed by atoms with van der Waals surface area (Å²) >= 11 is 5.81. The monoisotopic (exact) mass is 447 g/mol. The third-order valence-corrected chi connectivity index (χ3v) is 6.79. The van der Waals surface area contributed by atoms with Crippen molar-refractivity contribution in [2.75, 3.05) is 32.7 Å². The summed E-state index contributed by atoms with van der Waals surface area (Å²) in [4.78, 5) is 16.8. The standard InChI is InChI=1S/C22H26ClN3O3S/c1-18(24-30(28,29)21-11-9-20(23)10-12-21)22(27)26-16-14-25(15-17-26)13-5-8-19-6-3-2-4-7-19/h2-12,18,24H,13-17H2,1H3/b8-5+/t18-/m0/s1. The zero-order chi connectivity index (χ0) is 21.6. The van der Waals surface area contributed by atoms with E-state index in [1.807, 2.05) is 18.2 Å². The number of carbonyl (C=O) groups excluding carboxylic acids is 1. The quantitative estimate of drug-likeness (QED) is 0.708. The number of hydrogen-bond donors (Lipinski definition) is 1. The highest BCUT2D eigenvalue weighted by molar-refractivity contribution is 7.89. The van der Waals surface area contributed by atoms with Gasteiger partial charge in [-0.15, -0.1) is 0 Å². The largest absolute Gasteiger partial charge is 0.339 e. The molecule has 1 aliphatic heterocycles. The van der Waals surface area contributed by atoms with Crippen LogP contribution >= 0.6 is 11.6 Å². The zero-order valence-electron chi connectivity index (χ0n) is 16.9. The van der Waals surface area contributed by atoms with Crippen LogP contribution in [-0.2, 0) is 14.8 Å². The number of piperazine rings is 1. The Kier molecular flexibility index (Phi) is 7.66. The maximum Gasteiger partial charge on any atom is 0.241 e. The molecule has 0 spiro atoms. The Labute approximate surface area is 183 Å². The lowest BCUT2D eigenvalue weighted by Gasteiger charge is -2.35. The third kappa shape index (κ3) is 6.15.